The summed E-state index contributed by atoms with van der Waals surface area (Å²) in [7, 11) is 9.61. The normalized spacial score (nSPS) is 11.9. The molecule has 0 saturated heterocycles. The van der Waals surface area contributed by atoms with Gasteiger partial charge in [0.2, 0.25) is 0 Å². The molecule has 0 aromatic heterocycles. The first kappa shape index (κ1) is 62.1. The number of halogens is 2. The minimum Gasteiger partial charge on any atom is -1.00 e. The molecule has 0 bridgehead atoms. The highest BCUT2D eigenvalue weighted by Crippen LogP contribution is 2.17. The molecule has 0 aromatic rings. The number of unbranched alkanes of at least 4 members (excludes halogenated alkanes) is 38. The van der Waals surface area contributed by atoms with E-state index in [4.69, 9.17) is 4.74 Å². The Morgan fingerprint density at radius 3 is 0.561 bits per heavy atom. The zero-order valence-corrected chi connectivity index (χ0v) is 43.8. The van der Waals surface area contributed by atoms with Gasteiger partial charge in [0.25, 0.3) is 0 Å². The summed E-state index contributed by atoms with van der Waals surface area (Å²) in [6.45, 7) is 11.3. The predicted molar refractivity (Wildman–Crippen MR) is 251 cm³/mol. The molecule has 0 atom stereocenters. The molecular weight excluding hydrogens is 828 g/mol. The van der Waals surface area contributed by atoms with Crippen molar-refractivity contribution >= 4 is 0 Å². The molecule has 348 valence electrons. The van der Waals surface area contributed by atoms with Gasteiger partial charge in [-0.25, -0.2) is 0 Å². The average molecular weight is 939 g/mol. The number of nitrogens with zero attached hydrogens (tertiary/aromatic N) is 2. The summed E-state index contributed by atoms with van der Waals surface area (Å²) in [5, 5.41) is 0. The average Bonchev–Trinajstić information content (AvgIpc) is 3.16. The second-order valence-electron chi connectivity index (χ2n) is 19.8. The Morgan fingerprint density at radius 2 is 0.386 bits per heavy atom. The molecule has 0 N–H and O–H groups in total. The Balaban J connectivity index is -0.0000146. The molecular formula is C52H110Br2N2O. The van der Waals surface area contributed by atoms with E-state index in [9.17, 15) is 0 Å². The molecule has 0 aliphatic rings. The Hall–Kier alpha value is 0.840. The third-order valence-electron chi connectivity index (χ3n) is 12.9. The van der Waals surface area contributed by atoms with Crippen LogP contribution in [0.1, 0.15) is 271 Å². The maximum Gasteiger partial charge on any atom is 0.102 e. The Labute approximate surface area is 383 Å². The van der Waals surface area contributed by atoms with Crippen LogP contribution < -0.4 is 34.0 Å². The lowest BCUT2D eigenvalue weighted by Crippen LogP contribution is -3.00. The van der Waals surface area contributed by atoms with Crippen molar-refractivity contribution in [2.24, 2.45) is 0 Å². The fraction of sp³-hybridized carbons (Fsp3) is 1.00. The predicted octanol–water partition coefficient (Wildman–Crippen LogP) is 10.8. The van der Waals surface area contributed by atoms with Crippen molar-refractivity contribution in [3.8, 4) is 0 Å². The van der Waals surface area contributed by atoms with E-state index in [0.29, 0.717) is 0 Å². The van der Waals surface area contributed by atoms with Crippen molar-refractivity contribution in [3.63, 3.8) is 0 Å². The summed E-state index contributed by atoms with van der Waals surface area (Å²) in [5.41, 5.74) is 0. The van der Waals surface area contributed by atoms with E-state index in [1.807, 2.05) is 0 Å². The molecule has 0 fully saturated rings. The van der Waals surface area contributed by atoms with Crippen LogP contribution in [0.4, 0.5) is 0 Å². The van der Waals surface area contributed by atoms with Crippen LogP contribution in [0.2, 0.25) is 0 Å². The topological polar surface area (TPSA) is 9.23 Å². The van der Waals surface area contributed by atoms with Gasteiger partial charge >= 0.3 is 0 Å². The molecule has 57 heavy (non-hydrogen) atoms. The van der Waals surface area contributed by atoms with Gasteiger partial charge in [0.15, 0.2) is 0 Å². The second-order valence-corrected chi connectivity index (χ2v) is 19.8. The van der Waals surface area contributed by atoms with Crippen molar-refractivity contribution in [2.45, 2.75) is 271 Å². The van der Waals surface area contributed by atoms with E-state index in [0.717, 1.165) is 35.3 Å². The van der Waals surface area contributed by atoms with Gasteiger partial charge in [0.05, 0.1) is 54.5 Å². The van der Waals surface area contributed by atoms with Crippen LogP contribution in [0.15, 0.2) is 0 Å². The molecule has 0 radical (unpaired) electrons. The van der Waals surface area contributed by atoms with Gasteiger partial charge < -0.3 is 47.7 Å². The molecule has 0 rings (SSSR count). The molecule has 3 nitrogen and oxygen atoms in total. The molecule has 0 heterocycles. The third-order valence-corrected chi connectivity index (χ3v) is 12.9. The lowest BCUT2D eigenvalue weighted by atomic mass is 10.0. The molecule has 0 spiro atoms. The number of quaternary nitrogens is 2. The van der Waals surface area contributed by atoms with E-state index in [-0.39, 0.29) is 34.0 Å². The highest BCUT2D eigenvalue weighted by molar-refractivity contribution is 4.53. The fourth-order valence-corrected chi connectivity index (χ4v) is 8.54. The Morgan fingerprint density at radius 1 is 0.228 bits per heavy atom. The number of hydrogen-bond donors (Lipinski definition) is 0. The summed E-state index contributed by atoms with van der Waals surface area (Å²) < 4.78 is 8.38. The Kier molecular flexibility index (Phi) is 54.0. The van der Waals surface area contributed by atoms with Crippen LogP contribution in [-0.4, -0.2) is 76.5 Å². The van der Waals surface area contributed by atoms with Gasteiger partial charge in [-0.1, -0.05) is 245 Å². The van der Waals surface area contributed by atoms with Crippen LogP contribution in [0.25, 0.3) is 0 Å². The zero-order valence-electron chi connectivity index (χ0n) is 40.6. The summed E-state index contributed by atoms with van der Waals surface area (Å²) >= 11 is 0. The van der Waals surface area contributed by atoms with Crippen LogP contribution in [0, 0.1) is 0 Å². The lowest BCUT2D eigenvalue weighted by Gasteiger charge is -2.31. The molecule has 0 saturated carbocycles. The van der Waals surface area contributed by atoms with Gasteiger partial charge in [-0.2, -0.15) is 0 Å². The molecule has 5 heteroatoms. The highest BCUT2D eigenvalue weighted by atomic mass is 79.9. The number of ether oxygens (including phenoxy) is 1. The SMILES string of the molecule is CCCCCCCCCCCCCCCCCCCCCC[N+](C)(C)CCOCC[N+](C)(C)CCCCCCCCCCCCCCCCCCCCCC.[Br-].[Br-]. The van der Waals surface area contributed by atoms with Crippen LogP contribution in [-0.2, 0) is 4.74 Å². The molecule has 0 aliphatic carbocycles. The number of likely N-dealkylation sites (N-methyl/N-ethyl adjacent to an activating group) is 2. The Bertz CT molecular complexity index is 660. The third kappa shape index (κ3) is 52.9. The van der Waals surface area contributed by atoms with E-state index in [1.165, 1.54) is 270 Å². The van der Waals surface area contributed by atoms with Crippen molar-refractivity contribution in [3.05, 3.63) is 0 Å². The zero-order chi connectivity index (χ0) is 40.2. The quantitative estimate of drug-likeness (QED) is 0.0436. The largest absolute Gasteiger partial charge is 1.00 e. The maximum absolute atomic E-state index is 6.17. The standard InChI is InChI=1S/C52H110N2O.2BrH/c1-7-9-11-13-15-17-19-21-23-25-27-29-31-33-35-37-39-41-43-45-47-53(3,4)49-51-55-52-50-54(5,6)48-46-44-42-40-38-36-34-32-30-28-26-24-22-20-18-16-14-12-10-8-2;;/h7-52H2,1-6H3;2*1H/q+2;;/p-2. The smallest absolute Gasteiger partial charge is 0.102 e. The molecule has 0 aliphatic heterocycles. The maximum atomic E-state index is 6.17. The van der Waals surface area contributed by atoms with Crippen molar-refractivity contribution < 1.29 is 47.7 Å². The van der Waals surface area contributed by atoms with Crippen molar-refractivity contribution in [1.29, 1.82) is 0 Å². The first-order chi connectivity index (χ1) is 26.8. The summed E-state index contributed by atoms with van der Waals surface area (Å²) in [6.07, 6.45) is 58.2. The van der Waals surface area contributed by atoms with E-state index in [2.05, 4.69) is 42.0 Å². The molecule has 0 amide bonds. The van der Waals surface area contributed by atoms with Crippen LogP contribution in [0.3, 0.4) is 0 Å². The van der Waals surface area contributed by atoms with Gasteiger partial charge in [0.1, 0.15) is 13.1 Å². The fourth-order valence-electron chi connectivity index (χ4n) is 8.54. The van der Waals surface area contributed by atoms with E-state index < -0.39 is 0 Å². The number of rotatable bonds is 48. The van der Waals surface area contributed by atoms with Crippen molar-refractivity contribution in [2.75, 3.05) is 67.6 Å². The first-order valence-corrected chi connectivity index (χ1v) is 26.0. The summed E-state index contributed by atoms with van der Waals surface area (Å²) in [5.74, 6) is 0. The van der Waals surface area contributed by atoms with Crippen molar-refractivity contribution in [1.82, 2.24) is 0 Å². The lowest BCUT2D eigenvalue weighted by molar-refractivity contribution is -0.894. The van der Waals surface area contributed by atoms with E-state index in [1.54, 1.807) is 0 Å². The highest BCUT2D eigenvalue weighted by Gasteiger charge is 2.17. The van der Waals surface area contributed by atoms with Gasteiger partial charge in [-0.15, -0.1) is 0 Å². The van der Waals surface area contributed by atoms with Gasteiger partial charge in [0, 0.05) is 0 Å². The minimum atomic E-state index is 0. The second kappa shape index (κ2) is 49.5. The number of hydrogen-bond acceptors (Lipinski definition) is 1. The van der Waals surface area contributed by atoms with Gasteiger partial charge in [-0.05, 0) is 25.7 Å². The molecule has 0 aromatic carbocycles. The van der Waals surface area contributed by atoms with Gasteiger partial charge in [-0.3, -0.25) is 0 Å². The minimum absolute atomic E-state index is 0. The first-order valence-electron chi connectivity index (χ1n) is 26.0. The van der Waals surface area contributed by atoms with E-state index >= 15 is 0 Å². The summed E-state index contributed by atoms with van der Waals surface area (Å²) in [4.78, 5) is 0. The summed E-state index contributed by atoms with van der Waals surface area (Å²) in [6, 6.07) is 0. The monoisotopic (exact) mass is 937 g/mol. The van der Waals surface area contributed by atoms with Crippen LogP contribution >= 0.6 is 0 Å². The van der Waals surface area contributed by atoms with Crippen LogP contribution in [0.5, 0.6) is 0 Å². The molecule has 0 unspecified atom stereocenters.